The molecule has 6 heteroatoms. The Bertz CT molecular complexity index is 703. The van der Waals surface area contributed by atoms with Crippen LogP contribution in [0.1, 0.15) is 5.56 Å². The normalized spacial score (nSPS) is 18.0. The first kappa shape index (κ1) is 15.0. The number of hydrogen-bond donors (Lipinski definition) is 1. The van der Waals surface area contributed by atoms with Crippen molar-refractivity contribution < 1.29 is 13.6 Å². The fourth-order valence-corrected chi connectivity index (χ4v) is 3.42. The second-order valence-corrected chi connectivity index (χ2v) is 6.15. The third kappa shape index (κ3) is 2.98. The first-order valence-corrected chi connectivity index (χ1v) is 7.77. The quantitative estimate of drug-likeness (QED) is 0.925. The number of benzene rings is 2. The van der Waals surface area contributed by atoms with Crippen LogP contribution in [0, 0.1) is 11.6 Å². The molecule has 0 spiro atoms. The topological polar surface area (TPSA) is 46.3 Å². The predicted octanol–water partition coefficient (Wildman–Crippen LogP) is 2.93. The molecule has 0 aromatic heterocycles. The summed E-state index contributed by atoms with van der Waals surface area (Å²) in [5, 5.41) is 0. The lowest BCUT2D eigenvalue weighted by atomic mass is 10.1. The number of carbonyl (C=O) groups excluding carboxylic acids is 1. The number of hydrogen-bond acceptors (Lipinski definition) is 3. The lowest BCUT2D eigenvalue weighted by Gasteiger charge is -2.24. The SMILES string of the molecule is NC1CSc2ccccc2N(Cc2cc(F)cc(F)c2)C1=O. The van der Waals surface area contributed by atoms with Gasteiger partial charge in [-0.25, -0.2) is 8.78 Å². The van der Waals surface area contributed by atoms with Crippen molar-refractivity contribution in [1.29, 1.82) is 0 Å². The van der Waals surface area contributed by atoms with Crippen LogP contribution >= 0.6 is 11.8 Å². The average molecular weight is 320 g/mol. The zero-order valence-corrected chi connectivity index (χ0v) is 12.4. The third-order valence-electron chi connectivity index (χ3n) is 3.42. The molecule has 0 fully saturated rings. The number of anilines is 1. The van der Waals surface area contributed by atoms with E-state index in [0.29, 0.717) is 11.3 Å². The standard InChI is InChI=1S/C16H14F2N2OS/c17-11-5-10(6-12(18)7-11)8-20-14-3-1-2-4-15(14)22-9-13(19)16(20)21/h1-7,13H,8-9,19H2. The Morgan fingerprint density at radius 2 is 1.86 bits per heavy atom. The molecule has 1 aliphatic rings. The third-order valence-corrected chi connectivity index (χ3v) is 4.60. The molecule has 2 aromatic rings. The predicted molar refractivity (Wildman–Crippen MR) is 82.7 cm³/mol. The maximum Gasteiger partial charge on any atom is 0.245 e. The average Bonchev–Trinajstić information content (AvgIpc) is 2.59. The first-order valence-electron chi connectivity index (χ1n) is 6.78. The highest BCUT2D eigenvalue weighted by atomic mass is 32.2. The van der Waals surface area contributed by atoms with Crippen LogP contribution in [-0.4, -0.2) is 17.7 Å². The Hall–Kier alpha value is -1.92. The number of halogens is 2. The highest BCUT2D eigenvalue weighted by molar-refractivity contribution is 7.99. The van der Waals surface area contributed by atoms with Crippen molar-refractivity contribution in [1.82, 2.24) is 0 Å². The summed E-state index contributed by atoms with van der Waals surface area (Å²) in [4.78, 5) is 14.9. The minimum Gasteiger partial charge on any atom is -0.319 e. The summed E-state index contributed by atoms with van der Waals surface area (Å²) in [6, 6.07) is 10.0. The van der Waals surface area contributed by atoms with Crippen LogP contribution in [-0.2, 0) is 11.3 Å². The summed E-state index contributed by atoms with van der Waals surface area (Å²) >= 11 is 1.51. The molecule has 0 saturated heterocycles. The van der Waals surface area contributed by atoms with E-state index in [1.54, 1.807) is 0 Å². The molecular formula is C16H14F2N2OS. The molecule has 22 heavy (non-hydrogen) atoms. The second-order valence-electron chi connectivity index (χ2n) is 5.09. The van der Waals surface area contributed by atoms with Gasteiger partial charge in [-0.15, -0.1) is 11.8 Å². The van der Waals surface area contributed by atoms with Crippen LogP contribution in [0.2, 0.25) is 0 Å². The fraction of sp³-hybridized carbons (Fsp3) is 0.188. The van der Waals surface area contributed by atoms with Gasteiger partial charge in [0.25, 0.3) is 0 Å². The monoisotopic (exact) mass is 320 g/mol. The summed E-state index contributed by atoms with van der Waals surface area (Å²) in [6.07, 6.45) is 0. The molecule has 1 atom stereocenters. The summed E-state index contributed by atoms with van der Waals surface area (Å²) in [6.45, 7) is 0.0821. The number of fused-ring (bicyclic) bond motifs is 1. The lowest BCUT2D eigenvalue weighted by Crippen LogP contribution is -2.44. The van der Waals surface area contributed by atoms with Gasteiger partial charge in [-0.1, -0.05) is 12.1 Å². The maximum absolute atomic E-state index is 13.4. The molecular weight excluding hydrogens is 306 g/mol. The van der Waals surface area contributed by atoms with E-state index >= 15 is 0 Å². The van der Waals surface area contributed by atoms with E-state index in [-0.39, 0.29) is 12.5 Å². The summed E-state index contributed by atoms with van der Waals surface area (Å²) in [7, 11) is 0. The summed E-state index contributed by atoms with van der Waals surface area (Å²) < 4.78 is 26.7. The maximum atomic E-state index is 13.4. The van der Waals surface area contributed by atoms with Gasteiger partial charge < -0.3 is 10.6 Å². The van der Waals surface area contributed by atoms with Gasteiger partial charge in [0.2, 0.25) is 5.91 Å². The molecule has 1 amide bonds. The van der Waals surface area contributed by atoms with E-state index in [0.717, 1.165) is 16.6 Å². The molecule has 3 rings (SSSR count). The Morgan fingerprint density at radius 3 is 2.59 bits per heavy atom. The van der Waals surface area contributed by atoms with E-state index in [4.69, 9.17) is 5.73 Å². The van der Waals surface area contributed by atoms with Crippen LogP contribution in [0.25, 0.3) is 0 Å². The Kier molecular flexibility index (Phi) is 4.13. The summed E-state index contributed by atoms with van der Waals surface area (Å²) in [5.41, 5.74) is 7.01. The molecule has 1 unspecified atom stereocenters. The highest BCUT2D eigenvalue weighted by Gasteiger charge is 2.28. The number of carbonyl (C=O) groups is 1. The smallest absolute Gasteiger partial charge is 0.245 e. The number of amides is 1. The molecule has 2 N–H and O–H groups in total. The lowest BCUT2D eigenvalue weighted by molar-refractivity contribution is -0.119. The number of nitrogens with zero attached hydrogens (tertiary/aromatic N) is 1. The van der Waals surface area contributed by atoms with Crippen LogP contribution in [0.15, 0.2) is 47.4 Å². The van der Waals surface area contributed by atoms with Crippen LogP contribution < -0.4 is 10.6 Å². The van der Waals surface area contributed by atoms with Crippen molar-refractivity contribution in [3.63, 3.8) is 0 Å². The molecule has 0 bridgehead atoms. The van der Waals surface area contributed by atoms with Gasteiger partial charge in [0.15, 0.2) is 0 Å². The molecule has 114 valence electrons. The van der Waals surface area contributed by atoms with Crippen molar-refractivity contribution in [3.05, 3.63) is 59.7 Å². The molecule has 3 nitrogen and oxygen atoms in total. The van der Waals surface area contributed by atoms with Crippen molar-refractivity contribution in [3.8, 4) is 0 Å². The summed E-state index contributed by atoms with van der Waals surface area (Å²) in [5.74, 6) is -1.10. The number of rotatable bonds is 2. The van der Waals surface area contributed by atoms with Gasteiger partial charge in [-0.2, -0.15) is 0 Å². The van der Waals surface area contributed by atoms with Gasteiger partial charge in [0, 0.05) is 16.7 Å². The van der Waals surface area contributed by atoms with Crippen molar-refractivity contribution in [2.45, 2.75) is 17.5 Å². The minimum absolute atomic E-state index is 0.0821. The first-order chi connectivity index (χ1) is 10.5. The number of thioether (sulfide) groups is 1. The minimum atomic E-state index is -0.663. The Balaban J connectivity index is 2.00. The van der Waals surface area contributed by atoms with Crippen LogP contribution in [0.5, 0.6) is 0 Å². The van der Waals surface area contributed by atoms with E-state index in [9.17, 15) is 13.6 Å². The van der Waals surface area contributed by atoms with Crippen molar-refractivity contribution in [2.24, 2.45) is 5.73 Å². The molecule has 0 saturated carbocycles. The van der Waals surface area contributed by atoms with Crippen molar-refractivity contribution >= 4 is 23.4 Å². The van der Waals surface area contributed by atoms with E-state index in [1.807, 2.05) is 24.3 Å². The molecule has 1 aliphatic heterocycles. The zero-order valence-electron chi connectivity index (χ0n) is 11.6. The number of para-hydroxylation sites is 1. The molecule has 0 radical (unpaired) electrons. The van der Waals surface area contributed by atoms with Gasteiger partial charge >= 0.3 is 0 Å². The van der Waals surface area contributed by atoms with Gasteiger partial charge in [0.05, 0.1) is 18.3 Å². The second kappa shape index (κ2) is 6.06. The fourth-order valence-electron chi connectivity index (χ4n) is 2.42. The van der Waals surface area contributed by atoms with E-state index < -0.39 is 17.7 Å². The molecule has 2 aromatic carbocycles. The van der Waals surface area contributed by atoms with Crippen LogP contribution in [0.4, 0.5) is 14.5 Å². The van der Waals surface area contributed by atoms with E-state index in [1.165, 1.54) is 28.8 Å². The Morgan fingerprint density at radius 1 is 1.18 bits per heavy atom. The van der Waals surface area contributed by atoms with Crippen molar-refractivity contribution in [2.75, 3.05) is 10.7 Å². The molecule has 1 heterocycles. The Labute approximate surface area is 131 Å². The number of nitrogens with two attached hydrogens (primary N) is 1. The highest BCUT2D eigenvalue weighted by Crippen LogP contribution is 2.34. The van der Waals surface area contributed by atoms with Gasteiger partial charge in [0.1, 0.15) is 11.6 Å². The van der Waals surface area contributed by atoms with E-state index in [2.05, 4.69) is 0 Å². The van der Waals surface area contributed by atoms with Gasteiger partial charge in [-0.3, -0.25) is 4.79 Å². The molecule has 0 aliphatic carbocycles. The van der Waals surface area contributed by atoms with Gasteiger partial charge in [-0.05, 0) is 29.8 Å². The zero-order chi connectivity index (χ0) is 15.7. The van der Waals surface area contributed by atoms with Crippen LogP contribution in [0.3, 0.4) is 0 Å². The largest absolute Gasteiger partial charge is 0.319 e.